The van der Waals surface area contributed by atoms with Gasteiger partial charge >= 0.3 is 0 Å². The molecule has 0 bridgehead atoms. The average molecular weight is 325 g/mol. The number of carbonyl (C=O) groups excluding carboxylic acids is 1. The van der Waals surface area contributed by atoms with Crippen LogP contribution in [0, 0.1) is 18.3 Å². The van der Waals surface area contributed by atoms with Crippen LogP contribution in [0.2, 0.25) is 0 Å². The summed E-state index contributed by atoms with van der Waals surface area (Å²) in [6.45, 7) is 3.34. The van der Waals surface area contributed by atoms with E-state index in [-0.39, 0.29) is 5.91 Å². The Hall–Kier alpha value is -1.38. The van der Waals surface area contributed by atoms with Gasteiger partial charge in [-0.15, -0.1) is 0 Å². The highest BCUT2D eigenvalue weighted by Crippen LogP contribution is 2.18. The molecule has 0 aliphatic rings. The Morgan fingerprint density at radius 2 is 2.21 bits per heavy atom. The van der Waals surface area contributed by atoms with Gasteiger partial charge in [-0.2, -0.15) is 5.26 Å². The molecule has 0 saturated carbocycles. The summed E-state index contributed by atoms with van der Waals surface area (Å²) in [4.78, 5) is 14.0. The first-order valence-electron chi connectivity index (χ1n) is 6.01. The first-order chi connectivity index (χ1) is 9.10. The lowest BCUT2D eigenvalue weighted by atomic mass is 10.1. The Kier molecular flexibility index (Phi) is 6.54. The van der Waals surface area contributed by atoms with Gasteiger partial charge in [-0.05, 0) is 24.6 Å². The predicted molar refractivity (Wildman–Crippen MR) is 76.9 cm³/mol. The Balaban J connectivity index is 2.84. The van der Waals surface area contributed by atoms with Gasteiger partial charge in [0, 0.05) is 30.2 Å². The Bertz CT molecular complexity index is 483. The van der Waals surface area contributed by atoms with Crippen molar-refractivity contribution in [3.05, 3.63) is 33.8 Å². The molecule has 19 heavy (non-hydrogen) atoms. The van der Waals surface area contributed by atoms with Crippen molar-refractivity contribution < 1.29 is 9.53 Å². The molecule has 1 aromatic carbocycles. The fourth-order valence-corrected chi connectivity index (χ4v) is 1.99. The van der Waals surface area contributed by atoms with Crippen LogP contribution >= 0.6 is 15.9 Å². The highest BCUT2D eigenvalue weighted by Gasteiger charge is 2.15. The second kappa shape index (κ2) is 7.93. The predicted octanol–water partition coefficient (Wildman–Crippen LogP) is 2.76. The van der Waals surface area contributed by atoms with Crippen molar-refractivity contribution in [2.75, 3.05) is 26.8 Å². The molecule has 0 aliphatic carbocycles. The summed E-state index contributed by atoms with van der Waals surface area (Å²) in [5.74, 6) is -0.0759. The van der Waals surface area contributed by atoms with Crippen LogP contribution in [0.4, 0.5) is 0 Å². The number of aryl methyl sites for hydroxylation is 1. The zero-order valence-electron chi connectivity index (χ0n) is 11.1. The fraction of sp³-hybridized carbons (Fsp3) is 0.429. The molecule has 1 aromatic rings. The third-order valence-corrected chi connectivity index (χ3v) is 3.62. The molecule has 0 spiro atoms. The summed E-state index contributed by atoms with van der Waals surface area (Å²) >= 11 is 3.42. The maximum absolute atomic E-state index is 12.4. The highest BCUT2D eigenvalue weighted by molar-refractivity contribution is 9.10. The average Bonchev–Trinajstić information content (AvgIpc) is 2.41. The van der Waals surface area contributed by atoms with Gasteiger partial charge in [-0.3, -0.25) is 4.79 Å². The number of halogens is 1. The summed E-state index contributed by atoms with van der Waals surface area (Å²) in [6, 6.07) is 7.57. The number of nitrogens with zero attached hydrogens (tertiary/aromatic N) is 2. The highest BCUT2D eigenvalue weighted by atomic mass is 79.9. The number of methoxy groups -OCH3 is 1. The van der Waals surface area contributed by atoms with Crippen LogP contribution in [0.25, 0.3) is 0 Å². The molecule has 0 heterocycles. The van der Waals surface area contributed by atoms with Crippen LogP contribution < -0.4 is 0 Å². The third kappa shape index (κ3) is 4.66. The van der Waals surface area contributed by atoms with Gasteiger partial charge in [0.25, 0.3) is 5.91 Å². The number of amides is 1. The fourth-order valence-electron chi connectivity index (χ4n) is 1.61. The smallest absolute Gasteiger partial charge is 0.254 e. The summed E-state index contributed by atoms with van der Waals surface area (Å²) in [6.07, 6.45) is 0.322. The van der Waals surface area contributed by atoms with Gasteiger partial charge in [-0.1, -0.05) is 22.0 Å². The van der Waals surface area contributed by atoms with Crippen molar-refractivity contribution in [1.82, 2.24) is 4.90 Å². The number of hydrogen-bond acceptors (Lipinski definition) is 3. The third-order valence-electron chi connectivity index (χ3n) is 2.76. The molecule has 102 valence electrons. The number of ether oxygens (including phenoxy) is 1. The normalized spacial score (nSPS) is 10.0. The molecule has 1 amide bonds. The Morgan fingerprint density at radius 3 is 2.79 bits per heavy atom. The molecule has 0 radical (unpaired) electrons. The van der Waals surface area contributed by atoms with Gasteiger partial charge in [0.15, 0.2) is 0 Å². The number of hydrogen-bond donors (Lipinski definition) is 0. The Labute approximate surface area is 122 Å². The van der Waals surface area contributed by atoms with E-state index in [1.54, 1.807) is 18.1 Å². The van der Waals surface area contributed by atoms with Gasteiger partial charge in [-0.25, -0.2) is 0 Å². The van der Waals surface area contributed by atoms with Gasteiger partial charge in [0.1, 0.15) is 0 Å². The lowest BCUT2D eigenvalue weighted by molar-refractivity contribution is 0.0700. The van der Waals surface area contributed by atoms with E-state index >= 15 is 0 Å². The van der Waals surface area contributed by atoms with Crippen molar-refractivity contribution in [3.63, 3.8) is 0 Å². The van der Waals surface area contributed by atoms with E-state index in [0.717, 1.165) is 10.0 Å². The van der Waals surface area contributed by atoms with Crippen molar-refractivity contribution in [2.45, 2.75) is 13.3 Å². The van der Waals surface area contributed by atoms with E-state index in [4.69, 9.17) is 10.00 Å². The van der Waals surface area contributed by atoms with Crippen molar-refractivity contribution in [2.24, 2.45) is 0 Å². The van der Waals surface area contributed by atoms with Crippen LogP contribution in [0.1, 0.15) is 22.3 Å². The number of rotatable bonds is 6. The zero-order chi connectivity index (χ0) is 14.3. The van der Waals surface area contributed by atoms with Crippen LogP contribution in [-0.4, -0.2) is 37.6 Å². The number of carbonyl (C=O) groups is 1. The first-order valence-corrected chi connectivity index (χ1v) is 6.80. The largest absolute Gasteiger partial charge is 0.383 e. The lowest BCUT2D eigenvalue weighted by Crippen LogP contribution is -2.34. The lowest BCUT2D eigenvalue weighted by Gasteiger charge is -2.21. The SMILES string of the molecule is COCCN(CCC#N)C(=O)c1ccc(C)c(Br)c1. The monoisotopic (exact) mass is 324 g/mol. The molecule has 4 nitrogen and oxygen atoms in total. The second-order valence-electron chi connectivity index (χ2n) is 4.16. The molecular weight excluding hydrogens is 308 g/mol. The van der Waals surface area contributed by atoms with Gasteiger partial charge in [0.2, 0.25) is 0 Å². The summed E-state index contributed by atoms with van der Waals surface area (Å²) in [5.41, 5.74) is 1.70. The summed E-state index contributed by atoms with van der Waals surface area (Å²) in [5, 5.41) is 8.65. The molecule has 0 saturated heterocycles. The maximum atomic E-state index is 12.4. The summed E-state index contributed by atoms with van der Waals surface area (Å²) in [7, 11) is 1.59. The molecule has 1 rings (SSSR count). The number of nitriles is 1. The van der Waals surface area contributed by atoms with Gasteiger partial charge < -0.3 is 9.64 Å². The van der Waals surface area contributed by atoms with Crippen LogP contribution in [0.5, 0.6) is 0 Å². The molecular formula is C14H17BrN2O2. The van der Waals surface area contributed by atoms with E-state index in [1.807, 2.05) is 19.1 Å². The molecule has 0 fully saturated rings. The van der Waals surface area contributed by atoms with E-state index in [2.05, 4.69) is 22.0 Å². The van der Waals surface area contributed by atoms with Crippen molar-refractivity contribution in [1.29, 1.82) is 5.26 Å². The van der Waals surface area contributed by atoms with Crippen LogP contribution in [0.15, 0.2) is 22.7 Å². The maximum Gasteiger partial charge on any atom is 0.254 e. The van der Waals surface area contributed by atoms with Crippen LogP contribution in [0.3, 0.4) is 0 Å². The molecule has 5 heteroatoms. The summed E-state index contributed by atoms with van der Waals surface area (Å²) < 4.78 is 5.90. The van der Waals surface area contributed by atoms with E-state index in [1.165, 1.54) is 0 Å². The van der Waals surface area contributed by atoms with E-state index in [9.17, 15) is 4.79 Å². The quantitative estimate of drug-likeness (QED) is 0.808. The minimum absolute atomic E-state index is 0.0759. The Morgan fingerprint density at radius 1 is 1.47 bits per heavy atom. The van der Waals surface area contributed by atoms with Crippen LogP contribution in [-0.2, 0) is 4.74 Å². The van der Waals surface area contributed by atoms with E-state index < -0.39 is 0 Å². The molecule has 0 unspecified atom stereocenters. The van der Waals surface area contributed by atoms with Crippen molar-refractivity contribution >= 4 is 21.8 Å². The minimum atomic E-state index is -0.0759. The second-order valence-corrected chi connectivity index (χ2v) is 5.01. The minimum Gasteiger partial charge on any atom is -0.383 e. The van der Waals surface area contributed by atoms with Gasteiger partial charge in [0.05, 0.1) is 19.1 Å². The molecule has 0 N–H and O–H groups in total. The molecule has 0 aromatic heterocycles. The number of benzene rings is 1. The van der Waals surface area contributed by atoms with Crippen molar-refractivity contribution in [3.8, 4) is 6.07 Å². The topological polar surface area (TPSA) is 53.3 Å². The standard InChI is InChI=1S/C14H17BrN2O2/c1-11-4-5-12(10-13(11)15)14(18)17(7-3-6-16)8-9-19-2/h4-5,10H,3,7-9H2,1-2H3. The molecule has 0 atom stereocenters. The first kappa shape index (κ1) is 15.7. The molecule has 0 aliphatic heterocycles. The van der Waals surface area contributed by atoms with E-state index in [0.29, 0.717) is 31.7 Å². The zero-order valence-corrected chi connectivity index (χ0v) is 12.7.